The summed E-state index contributed by atoms with van der Waals surface area (Å²) in [6.07, 6.45) is 0.0926. The number of nitrogen functional groups attached to an aromatic ring is 2. The number of nitrogens with one attached hydrogen (secondary N) is 1. The topological polar surface area (TPSA) is 101 Å². The highest BCUT2D eigenvalue weighted by Crippen LogP contribution is 2.13. The van der Waals surface area contributed by atoms with Gasteiger partial charge in [0, 0.05) is 23.5 Å². The van der Waals surface area contributed by atoms with E-state index >= 15 is 0 Å². The number of aliphatic hydroxyl groups is 1. The summed E-state index contributed by atoms with van der Waals surface area (Å²) in [5, 5.41) is 11.7. The van der Waals surface area contributed by atoms with Crippen LogP contribution in [-0.2, 0) is 0 Å². The second-order valence-electron chi connectivity index (χ2n) is 3.78. The number of amides is 1. The quantitative estimate of drug-likeness (QED) is 0.553. The highest BCUT2D eigenvalue weighted by molar-refractivity contribution is 5.96. The third-order valence-electron chi connectivity index (χ3n) is 2.09. The van der Waals surface area contributed by atoms with Gasteiger partial charge >= 0.3 is 0 Å². The minimum Gasteiger partial charge on any atom is -0.399 e. The first-order valence-corrected chi connectivity index (χ1v) is 5.11. The Morgan fingerprint density at radius 3 is 2.44 bits per heavy atom. The number of rotatable bonds is 4. The van der Waals surface area contributed by atoms with Crippen LogP contribution < -0.4 is 16.8 Å². The molecule has 5 heteroatoms. The molecular weight excluding hydrogens is 206 g/mol. The maximum Gasteiger partial charge on any atom is 0.251 e. The lowest BCUT2D eigenvalue weighted by Crippen LogP contribution is -2.26. The molecule has 1 aromatic carbocycles. The zero-order valence-electron chi connectivity index (χ0n) is 9.23. The van der Waals surface area contributed by atoms with Gasteiger partial charge in [-0.25, -0.2) is 0 Å². The Labute approximate surface area is 94.4 Å². The van der Waals surface area contributed by atoms with Crippen molar-refractivity contribution in [1.29, 1.82) is 0 Å². The predicted octanol–water partition coefficient (Wildman–Crippen LogP) is 0.352. The van der Waals surface area contributed by atoms with Crippen molar-refractivity contribution < 1.29 is 9.90 Å². The van der Waals surface area contributed by atoms with Crippen molar-refractivity contribution >= 4 is 17.3 Å². The maximum atomic E-state index is 11.6. The molecule has 16 heavy (non-hydrogen) atoms. The molecule has 0 aliphatic heterocycles. The molecule has 1 amide bonds. The summed E-state index contributed by atoms with van der Waals surface area (Å²) in [6, 6.07) is 4.72. The first-order valence-electron chi connectivity index (χ1n) is 5.11. The number of nitrogens with two attached hydrogens (primary N) is 2. The largest absolute Gasteiger partial charge is 0.399 e. The van der Waals surface area contributed by atoms with Crippen LogP contribution in [0.25, 0.3) is 0 Å². The SMILES string of the molecule is CC(O)CCNC(=O)c1cc(N)cc(N)c1. The Balaban J connectivity index is 2.59. The third-order valence-corrected chi connectivity index (χ3v) is 2.09. The molecule has 1 rings (SSSR count). The molecule has 1 unspecified atom stereocenters. The molecule has 0 heterocycles. The van der Waals surface area contributed by atoms with E-state index in [1.807, 2.05) is 0 Å². The van der Waals surface area contributed by atoms with Crippen molar-refractivity contribution in [3.63, 3.8) is 0 Å². The van der Waals surface area contributed by atoms with Gasteiger partial charge in [-0.2, -0.15) is 0 Å². The van der Waals surface area contributed by atoms with E-state index < -0.39 is 6.10 Å². The Morgan fingerprint density at radius 1 is 1.38 bits per heavy atom. The summed E-state index contributed by atoms with van der Waals surface area (Å²) in [4.78, 5) is 11.6. The molecule has 6 N–H and O–H groups in total. The minimum atomic E-state index is -0.425. The monoisotopic (exact) mass is 223 g/mol. The van der Waals surface area contributed by atoms with Crippen molar-refractivity contribution in [2.75, 3.05) is 18.0 Å². The van der Waals surface area contributed by atoms with E-state index in [9.17, 15) is 4.79 Å². The zero-order valence-corrected chi connectivity index (χ0v) is 9.23. The Kier molecular flexibility index (Phi) is 4.13. The Bertz CT molecular complexity index is 357. The summed E-state index contributed by atoms with van der Waals surface area (Å²) >= 11 is 0. The average Bonchev–Trinajstić information content (AvgIpc) is 2.15. The normalized spacial score (nSPS) is 12.1. The van der Waals surface area contributed by atoms with E-state index in [2.05, 4.69) is 5.32 Å². The number of carbonyl (C=O) groups excluding carboxylic acids is 1. The summed E-state index contributed by atoms with van der Waals surface area (Å²) in [7, 11) is 0. The number of aliphatic hydroxyl groups excluding tert-OH is 1. The molecule has 0 aliphatic carbocycles. The number of hydrogen-bond donors (Lipinski definition) is 4. The summed E-state index contributed by atoms with van der Waals surface area (Å²) in [5.74, 6) is -0.236. The van der Waals surface area contributed by atoms with Gasteiger partial charge in [-0.05, 0) is 31.5 Å². The van der Waals surface area contributed by atoms with Crippen LogP contribution in [-0.4, -0.2) is 23.7 Å². The number of anilines is 2. The van der Waals surface area contributed by atoms with E-state index in [1.54, 1.807) is 25.1 Å². The van der Waals surface area contributed by atoms with Crippen LogP contribution in [0.4, 0.5) is 11.4 Å². The van der Waals surface area contributed by atoms with Gasteiger partial charge in [-0.1, -0.05) is 0 Å². The lowest BCUT2D eigenvalue weighted by molar-refractivity contribution is 0.0945. The van der Waals surface area contributed by atoms with E-state index in [-0.39, 0.29) is 5.91 Å². The number of carbonyl (C=O) groups is 1. The van der Waals surface area contributed by atoms with Gasteiger partial charge in [-0.3, -0.25) is 4.79 Å². The molecule has 0 saturated carbocycles. The van der Waals surface area contributed by atoms with E-state index in [1.165, 1.54) is 0 Å². The van der Waals surface area contributed by atoms with Crippen molar-refractivity contribution in [2.45, 2.75) is 19.4 Å². The number of hydrogen-bond acceptors (Lipinski definition) is 4. The Hall–Kier alpha value is -1.75. The van der Waals surface area contributed by atoms with Crippen LogP contribution in [0.5, 0.6) is 0 Å². The van der Waals surface area contributed by atoms with Gasteiger partial charge in [0.1, 0.15) is 0 Å². The summed E-state index contributed by atoms with van der Waals surface area (Å²) < 4.78 is 0. The molecular formula is C11H17N3O2. The summed E-state index contributed by atoms with van der Waals surface area (Å²) in [6.45, 7) is 2.09. The first kappa shape index (κ1) is 12.3. The van der Waals surface area contributed by atoms with Crippen LogP contribution in [0.1, 0.15) is 23.7 Å². The second-order valence-corrected chi connectivity index (χ2v) is 3.78. The van der Waals surface area contributed by atoms with Crippen molar-refractivity contribution in [3.8, 4) is 0 Å². The van der Waals surface area contributed by atoms with Crippen LogP contribution in [0.2, 0.25) is 0 Å². The highest BCUT2D eigenvalue weighted by Gasteiger charge is 2.06. The Morgan fingerprint density at radius 2 is 1.94 bits per heavy atom. The van der Waals surface area contributed by atoms with Crippen LogP contribution >= 0.6 is 0 Å². The molecule has 0 saturated heterocycles. The van der Waals surface area contributed by atoms with Crippen LogP contribution in [0, 0.1) is 0 Å². The highest BCUT2D eigenvalue weighted by atomic mass is 16.3. The van der Waals surface area contributed by atoms with Gasteiger partial charge in [0.15, 0.2) is 0 Å². The van der Waals surface area contributed by atoms with Crippen LogP contribution in [0.3, 0.4) is 0 Å². The molecule has 1 atom stereocenters. The van der Waals surface area contributed by atoms with E-state index in [4.69, 9.17) is 16.6 Å². The molecule has 88 valence electrons. The van der Waals surface area contributed by atoms with Crippen molar-refractivity contribution in [2.24, 2.45) is 0 Å². The smallest absolute Gasteiger partial charge is 0.251 e. The second kappa shape index (κ2) is 5.37. The fraction of sp³-hybridized carbons (Fsp3) is 0.364. The van der Waals surface area contributed by atoms with Crippen molar-refractivity contribution in [3.05, 3.63) is 23.8 Å². The molecule has 1 aromatic rings. The molecule has 5 nitrogen and oxygen atoms in total. The van der Waals surface area contributed by atoms with Gasteiger partial charge in [0.2, 0.25) is 0 Å². The zero-order chi connectivity index (χ0) is 12.1. The van der Waals surface area contributed by atoms with E-state index in [0.29, 0.717) is 29.9 Å². The van der Waals surface area contributed by atoms with Crippen molar-refractivity contribution in [1.82, 2.24) is 5.32 Å². The summed E-state index contributed by atoms with van der Waals surface area (Å²) in [5.41, 5.74) is 12.5. The lowest BCUT2D eigenvalue weighted by Gasteiger charge is -2.08. The standard InChI is InChI=1S/C11H17N3O2/c1-7(15)2-3-14-11(16)8-4-9(12)6-10(13)5-8/h4-7,15H,2-3,12-13H2,1H3,(H,14,16). The fourth-order valence-corrected chi connectivity index (χ4v) is 1.30. The van der Waals surface area contributed by atoms with Crippen LogP contribution in [0.15, 0.2) is 18.2 Å². The average molecular weight is 223 g/mol. The molecule has 0 spiro atoms. The lowest BCUT2D eigenvalue weighted by atomic mass is 10.1. The molecule has 0 aliphatic rings. The number of benzene rings is 1. The van der Waals surface area contributed by atoms with Gasteiger partial charge in [0.05, 0.1) is 6.10 Å². The fourth-order valence-electron chi connectivity index (χ4n) is 1.30. The molecule has 0 aromatic heterocycles. The maximum absolute atomic E-state index is 11.6. The van der Waals surface area contributed by atoms with Gasteiger partial charge in [0.25, 0.3) is 5.91 Å². The predicted molar refractivity (Wildman–Crippen MR) is 63.9 cm³/mol. The van der Waals surface area contributed by atoms with Gasteiger partial charge < -0.3 is 21.9 Å². The molecule has 0 radical (unpaired) electrons. The molecule has 0 bridgehead atoms. The van der Waals surface area contributed by atoms with E-state index in [0.717, 1.165) is 0 Å². The molecule has 0 fully saturated rings. The first-order chi connectivity index (χ1) is 7.49. The third kappa shape index (κ3) is 3.78. The van der Waals surface area contributed by atoms with Gasteiger partial charge in [-0.15, -0.1) is 0 Å². The minimum absolute atomic E-state index is 0.236.